The Balaban J connectivity index is 1.92. The van der Waals surface area contributed by atoms with Gasteiger partial charge in [-0.3, -0.25) is 10.1 Å². The first-order valence-corrected chi connectivity index (χ1v) is 8.46. The van der Waals surface area contributed by atoms with Crippen molar-refractivity contribution in [2.75, 3.05) is 26.1 Å². The van der Waals surface area contributed by atoms with Gasteiger partial charge in [-0.2, -0.15) is 5.10 Å². The van der Waals surface area contributed by atoms with Gasteiger partial charge in [-0.25, -0.2) is 4.68 Å². The Hall–Kier alpha value is -3.55. The third kappa shape index (κ3) is 2.75. The van der Waals surface area contributed by atoms with Crippen LogP contribution in [0.4, 0.5) is 11.5 Å². The number of aromatic nitrogens is 2. The van der Waals surface area contributed by atoms with E-state index in [9.17, 15) is 10.1 Å². The molecular formula is C19H18N4O4. The van der Waals surface area contributed by atoms with E-state index in [1.54, 1.807) is 43.2 Å². The van der Waals surface area contributed by atoms with Gasteiger partial charge in [-0.15, -0.1) is 0 Å². The van der Waals surface area contributed by atoms with Crippen LogP contribution in [0.15, 0.2) is 42.5 Å². The van der Waals surface area contributed by atoms with E-state index in [1.165, 1.54) is 6.07 Å². The van der Waals surface area contributed by atoms with Crippen LogP contribution in [0.25, 0.3) is 16.9 Å². The minimum atomic E-state index is -0.397. The number of methoxy groups -OCH3 is 2. The third-order valence-corrected chi connectivity index (χ3v) is 4.62. The maximum Gasteiger partial charge on any atom is 0.294 e. The molecular weight excluding hydrogens is 348 g/mol. The Labute approximate surface area is 155 Å². The lowest BCUT2D eigenvalue weighted by Crippen LogP contribution is -2.06. The summed E-state index contributed by atoms with van der Waals surface area (Å²) in [5.74, 6) is 2.09. The van der Waals surface area contributed by atoms with Gasteiger partial charge in [0.2, 0.25) is 0 Å². The molecule has 2 aromatic carbocycles. The van der Waals surface area contributed by atoms with Crippen LogP contribution in [-0.4, -0.2) is 35.5 Å². The van der Waals surface area contributed by atoms with Crippen LogP contribution >= 0.6 is 0 Å². The van der Waals surface area contributed by atoms with Crippen molar-refractivity contribution < 1.29 is 14.4 Å². The average Bonchev–Trinajstić information content (AvgIpc) is 3.30. The lowest BCUT2D eigenvalue weighted by molar-refractivity contribution is -0.384. The lowest BCUT2D eigenvalue weighted by Gasteiger charge is -2.10. The average molecular weight is 366 g/mol. The van der Waals surface area contributed by atoms with Crippen molar-refractivity contribution in [2.24, 2.45) is 0 Å². The molecule has 1 N–H and O–H groups in total. The number of benzene rings is 2. The molecule has 1 aliphatic rings. The largest absolute Gasteiger partial charge is 0.497 e. The number of hydrogen-bond donors (Lipinski definition) is 1. The molecule has 138 valence electrons. The summed E-state index contributed by atoms with van der Waals surface area (Å²) < 4.78 is 12.4. The first-order chi connectivity index (χ1) is 13.1. The van der Waals surface area contributed by atoms with Gasteiger partial charge in [0.05, 0.1) is 19.1 Å². The molecule has 0 atom stereocenters. The topological polar surface area (TPSA) is 91.5 Å². The number of nitrogens with one attached hydrogen (secondary N) is 1. The Morgan fingerprint density at radius 3 is 2.74 bits per heavy atom. The molecule has 0 saturated heterocycles. The number of nitrogens with zero attached hydrogens (tertiary/aromatic N) is 3. The summed E-state index contributed by atoms with van der Waals surface area (Å²) >= 11 is 0. The smallest absolute Gasteiger partial charge is 0.294 e. The summed E-state index contributed by atoms with van der Waals surface area (Å²) in [6.45, 7) is 0.749. The van der Waals surface area contributed by atoms with Crippen molar-refractivity contribution >= 4 is 11.5 Å². The maximum atomic E-state index is 11.5. The molecule has 0 bridgehead atoms. The molecule has 0 unspecified atom stereocenters. The number of nitro benzene ring substituents is 1. The number of nitro groups is 1. The van der Waals surface area contributed by atoms with Crippen LogP contribution in [0, 0.1) is 10.1 Å². The number of para-hydroxylation sites is 2. The number of fused-ring (bicyclic) bond motifs is 1. The van der Waals surface area contributed by atoms with E-state index in [4.69, 9.17) is 14.6 Å². The Morgan fingerprint density at radius 2 is 2.00 bits per heavy atom. The van der Waals surface area contributed by atoms with E-state index in [0.717, 1.165) is 35.6 Å². The summed E-state index contributed by atoms with van der Waals surface area (Å²) in [5, 5.41) is 19.5. The van der Waals surface area contributed by atoms with Crippen molar-refractivity contribution in [3.8, 4) is 28.4 Å². The van der Waals surface area contributed by atoms with Gasteiger partial charge in [-0.1, -0.05) is 12.1 Å². The van der Waals surface area contributed by atoms with E-state index in [2.05, 4.69) is 5.32 Å². The van der Waals surface area contributed by atoms with Gasteiger partial charge in [-0.05, 0) is 24.6 Å². The zero-order chi connectivity index (χ0) is 19.0. The molecule has 0 radical (unpaired) electrons. The summed E-state index contributed by atoms with van der Waals surface area (Å²) in [6.07, 6.45) is 0.778. The molecule has 0 amide bonds. The second-order valence-corrected chi connectivity index (χ2v) is 6.08. The highest BCUT2D eigenvalue weighted by Crippen LogP contribution is 2.40. The fraction of sp³-hybridized carbons (Fsp3) is 0.211. The van der Waals surface area contributed by atoms with Crippen LogP contribution in [0.1, 0.15) is 5.56 Å². The fourth-order valence-electron chi connectivity index (χ4n) is 3.36. The SMILES string of the molecule is COc1ccc(-c2nn(-c3ccccc3[N+](=O)[O-])c3c2CCN3)c(OC)c1. The standard InChI is InChI=1S/C19H18N4O4/c1-26-12-7-8-13(17(11-12)27-2)18-14-9-10-20-19(14)22(21-18)15-5-3-4-6-16(15)23(24)25/h3-8,11,20H,9-10H2,1-2H3. The van der Waals surface area contributed by atoms with E-state index in [-0.39, 0.29) is 5.69 Å². The van der Waals surface area contributed by atoms with Crippen LogP contribution in [0.5, 0.6) is 11.5 Å². The van der Waals surface area contributed by atoms with Crippen LogP contribution in [0.3, 0.4) is 0 Å². The molecule has 0 spiro atoms. The lowest BCUT2D eigenvalue weighted by atomic mass is 10.1. The summed E-state index contributed by atoms with van der Waals surface area (Å²) in [6, 6.07) is 12.1. The minimum absolute atomic E-state index is 0.00439. The molecule has 27 heavy (non-hydrogen) atoms. The van der Waals surface area contributed by atoms with Crippen molar-refractivity contribution in [3.63, 3.8) is 0 Å². The predicted octanol–water partition coefficient (Wildman–Crippen LogP) is 3.43. The Bertz CT molecular complexity index is 1030. The number of rotatable bonds is 5. The molecule has 1 aromatic heterocycles. The number of anilines is 1. The van der Waals surface area contributed by atoms with Crippen LogP contribution < -0.4 is 14.8 Å². The second-order valence-electron chi connectivity index (χ2n) is 6.08. The monoisotopic (exact) mass is 366 g/mol. The van der Waals surface area contributed by atoms with Gasteiger partial charge in [0.25, 0.3) is 5.69 Å². The van der Waals surface area contributed by atoms with E-state index in [1.807, 2.05) is 12.1 Å². The molecule has 0 saturated carbocycles. The third-order valence-electron chi connectivity index (χ3n) is 4.62. The van der Waals surface area contributed by atoms with Gasteiger partial charge in [0.1, 0.15) is 28.7 Å². The van der Waals surface area contributed by atoms with E-state index in [0.29, 0.717) is 17.2 Å². The van der Waals surface area contributed by atoms with Crippen LogP contribution in [0.2, 0.25) is 0 Å². The van der Waals surface area contributed by atoms with Crippen molar-refractivity contribution in [1.29, 1.82) is 0 Å². The minimum Gasteiger partial charge on any atom is -0.497 e. The van der Waals surface area contributed by atoms with E-state index < -0.39 is 4.92 Å². The van der Waals surface area contributed by atoms with Crippen molar-refractivity contribution in [1.82, 2.24) is 9.78 Å². The highest BCUT2D eigenvalue weighted by molar-refractivity contribution is 5.78. The van der Waals surface area contributed by atoms with Crippen LogP contribution in [-0.2, 0) is 6.42 Å². The fourth-order valence-corrected chi connectivity index (χ4v) is 3.36. The van der Waals surface area contributed by atoms with E-state index >= 15 is 0 Å². The predicted molar refractivity (Wildman–Crippen MR) is 101 cm³/mol. The highest BCUT2D eigenvalue weighted by atomic mass is 16.6. The number of hydrogen-bond acceptors (Lipinski definition) is 6. The molecule has 1 aliphatic heterocycles. The zero-order valence-corrected chi connectivity index (χ0v) is 14.9. The molecule has 4 rings (SSSR count). The molecule has 0 fully saturated rings. The van der Waals surface area contributed by atoms with Gasteiger partial charge >= 0.3 is 0 Å². The van der Waals surface area contributed by atoms with Gasteiger partial charge in [0, 0.05) is 29.8 Å². The van der Waals surface area contributed by atoms with Crippen molar-refractivity contribution in [3.05, 3.63) is 58.1 Å². The summed E-state index contributed by atoms with van der Waals surface area (Å²) in [7, 11) is 3.19. The molecule has 8 nitrogen and oxygen atoms in total. The van der Waals surface area contributed by atoms with Gasteiger partial charge in [0.15, 0.2) is 0 Å². The Morgan fingerprint density at radius 1 is 1.19 bits per heavy atom. The normalized spacial score (nSPS) is 12.4. The molecule has 3 aromatic rings. The highest BCUT2D eigenvalue weighted by Gasteiger charge is 2.28. The van der Waals surface area contributed by atoms with Crippen molar-refractivity contribution in [2.45, 2.75) is 6.42 Å². The summed E-state index contributed by atoms with van der Waals surface area (Å²) in [5.41, 5.74) is 3.00. The quantitative estimate of drug-likeness (QED) is 0.549. The Kier molecular flexibility index (Phi) is 4.15. The number of ether oxygens (including phenoxy) is 2. The molecule has 8 heteroatoms. The summed E-state index contributed by atoms with van der Waals surface area (Å²) in [4.78, 5) is 11.1. The first-order valence-electron chi connectivity index (χ1n) is 8.46. The maximum absolute atomic E-state index is 11.5. The molecule has 0 aliphatic carbocycles. The molecule has 2 heterocycles. The van der Waals surface area contributed by atoms with Gasteiger partial charge < -0.3 is 14.8 Å². The first kappa shape index (κ1) is 16.9. The zero-order valence-electron chi connectivity index (χ0n) is 14.9. The second kappa shape index (κ2) is 6.64.